The molecule has 0 fully saturated rings. The molecule has 6 nitrogen and oxygen atoms in total. The van der Waals surface area contributed by atoms with Gasteiger partial charge >= 0.3 is 12.0 Å². The lowest BCUT2D eigenvalue weighted by molar-refractivity contribution is -0.139. The molecule has 1 aromatic carbocycles. The van der Waals surface area contributed by atoms with Crippen LogP contribution in [0.1, 0.15) is 11.1 Å². The number of rotatable bonds is 5. The number of carboxylic acid groups (broad SMARTS) is 1. The van der Waals surface area contributed by atoms with Crippen molar-refractivity contribution < 1.29 is 14.7 Å². The average molecular weight is 317 g/mol. The first kappa shape index (κ1) is 15.8. The molecule has 1 aromatic heterocycles. The number of hydrogen-bond donors (Lipinski definition) is 2. The Kier molecular flexibility index (Phi) is 5.37. The number of thiophene rings is 1. The summed E-state index contributed by atoms with van der Waals surface area (Å²) in [5.74, 6) is -1.11. The zero-order valence-electron chi connectivity index (χ0n) is 11.9. The second-order valence-corrected chi connectivity index (χ2v) is 5.58. The Morgan fingerprint density at radius 2 is 2.05 bits per heavy atom. The number of hydrogen-bond acceptors (Lipinski definition) is 4. The van der Waals surface area contributed by atoms with Crippen molar-refractivity contribution in [1.82, 2.24) is 5.32 Å². The van der Waals surface area contributed by atoms with E-state index in [2.05, 4.69) is 15.5 Å². The van der Waals surface area contributed by atoms with Gasteiger partial charge in [-0.15, -0.1) is 16.5 Å². The van der Waals surface area contributed by atoms with E-state index < -0.39 is 18.0 Å². The van der Waals surface area contributed by atoms with Crippen LogP contribution >= 0.6 is 11.3 Å². The van der Waals surface area contributed by atoms with E-state index in [1.807, 2.05) is 30.5 Å². The summed E-state index contributed by atoms with van der Waals surface area (Å²) in [6.45, 7) is 1.91. The van der Waals surface area contributed by atoms with Gasteiger partial charge in [0.05, 0.1) is 0 Å². The Bertz CT molecular complexity index is 682. The first-order valence-corrected chi connectivity index (χ1v) is 7.46. The molecular weight excluding hydrogens is 302 g/mol. The van der Waals surface area contributed by atoms with Gasteiger partial charge in [0.25, 0.3) is 0 Å². The lowest BCUT2D eigenvalue weighted by Crippen LogP contribution is -2.40. The van der Waals surface area contributed by atoms with Crippen LogP contribution in [0.4, 0.5) is 9.80 Å². The summed E-state index contributed by atoms with van der Waals surface area (Å²) in [6.07, 6.45) is 0.190. The molecule has 2 N–H and O–H groups in total. The summed E-state index contributed by atoms with van der Waals surface area (Å²) >= 11 is 1.36. The first-order chi connectivity index (χ1) is 10.5. The molecule has 114 valence electrons. The number of aliphatic carboxylic acids is 1. The molecule has 2 rings (SSSR count). The van der Waals surface area contributed by atoms with Gasteiger partial charge in [-0.3, -0.25) is 0 Å². The van der Waals surface area contributed by atoms with Crippen LogP contribution in [0.2, 0.25) is 0 Å². The molecule has 0 spiro atoms. The lowest BCUT2D eigenvalue weighted by Gasteiger charge is -2.12. The molecule has 0 radical (unpaired) electrons. The number of carbonyl (C=O) groups is 2. The van der Waals surface area contributed by atoms with Crippen molar-refractivity contribution in [3.8, 4) is 0 Å². The van der Waals surface area contributed by atoms with Crippen LogP contribution in [0, 0.1) is 6.92 Å². The van der Waals surface area contributed by atoms with E-state index >= 15 is 0 Å². The van der Waals surface area contributed by atoms with Crippen molar-refractivity contribution in [3.05, 3.63) is 52.9 Å². The molecule has 0 aliphatic heterocycles. The normalized spacial score (nSPS) is 12.2. The maximum Gasteiger partial charge on any atom is 0.360 e. The zero-order chi connectivity index (χ0) is 15.9. The van der Waals surface area contributed by atoms with Crippen molar-refractivity contribution >= 4 is 28.3 Å². The number of nitrogens with one attached hydrogen (secondary N) is 1. The number of azo groups is 1. The molecular formula is C15H15N3O3S. The number of urea groups is 1. The summed E-state index contributed by atoms with van der Waals surface area (Å²) in [5.41, 5.74) is 1.85. The molecule has 1 atom stereocenters. The Hall–Kier alpha value is -2.54. The largest absolute Gasteiger partial charge is 0.480 e. The lowest BCUT2D eigenvalue weighted by atomic mass is 10.1. The Balaban J connectivity index is 1.97. The van der Waals surface area contributed by atoms with Crippen molar-refractivity contribution in [1.29, 1.82) is 0 Å². The molecule has 1 heterocycles. The highest BCUT2D eigenvalue weighted by Gasteiger charge is 2.20. The second-order valence-electron chi connectivity index (χ2n) is 4.69. The highest BCUT2D eigenvalue weighted by atomic mass is 32.1. The van der Waals surface area contributed by atoms with Gasteiger partial charge in [-0.2, -0.15) is 0 Å². The summed E-state index contributed by atoms with van der Waals surface area (Å²) in [4.78, 5) is 22.9. The molecule has 0 aliphatic carbocycles. The minimum atomic E-state index is -1.11. The fraction of sp³-hybridized carbons (Fsp3) is 0.200. The van der Waals surface area contributed by atoms with E-state index in [0.717, 1.165) is 11.1 Å². The summed E-state index contributed by atoms with van der Waals surface area (Å²) < 4.78 is 0. The van der Waals surface area contributed by atoms with Gasteiger partial charge in [-0.1, -0.05) is 35.4 Å². The number of amides is 2. The standard InChI is InChI=1S/C15H15N3O3S/c1-10-7-13(22-9-10)17-18-15(21)16-12(14(19)20)8-11-5-3-2-4-6-11/h2-7,9,12H,8H2,1H3,(H,16,21)(H,19,20)/t12-/m0/s1. The van der Waals surface area contributed by atoms with Gasteiger partial charge in [0.2, 0.25) is 0 Å². The van der Waals surface area contributed by atoms with Crippen LogP contribution in [0.15, 0.2) is 52.0 Å². The summed E-state index contributed by atoms with van der Waals surface area (Å²) in [5, 5.41) is 21.3. The van der Waals surface area contributed by atoms with Crippen LogP contribution in [-0.4, -0.2) is 23.1 Å². The minimum Gasteiger partial charge on any atom is -0.480 e. The smallest absolute Gasteiger partial charge is 0.360 e. The van der Waals surface area contributed by atoms with Crippen LogP contribution in [0.3, 0.4) is 0 Å². The summed E-state index contributed by atoms with van der Waals surface area (Å²) in [6, 6.07) is 9.06. The fourth-order valence-corrected chi connectivity index (χ4v) is 2.51. The van der Waals surface area contributed by atoms with Crippen LogP contribution < -0.4 is 5.32 Å². The maximum absolute atomic E-state index is 11.7. The Morgan fingerprint density at radius 1 is 1.32 bits per heavy atom. The molecule has 0 unspecified atom stereocenters. The van der Waals surface area contributed by atoms with E-state index in [-0.39, 0.29) is 6.42 Å². The quantitative estimate of drug-likeness (QED) is 0.826. The van der Waals surface area contributed by atoms with E-state index in [1.54, 1.807) is 18.2 Å². The zero-order valence-corrected chi connectivity index (χ0v) is 12.7. The van der Waals surface area contributed by atoms with E-state index in [4.69, 9.17) is 0 Å². The first-order valence-electron chi connectivity index (χ1n) is 6.58. The molecule has 22 heavy (non-hydrogen) atoms. The molecule has 0 saturated carbocycles. The Morgan fingerprint density at radius 3 is 2.64 bits per heavy atom. The van der Waals surface area contributed by atoms with Gasteiger partial charge in [0.15, 0.2) is 0 Å². The van der Waals surface area contributed by atoms with Crippen molar-refractivity contribution in [2.45, 2.75) is 19.4 Å². The minimum absolute atomic E-state index is 0.190. The van der Waals surface area contributed by atoms with Crippen molar-refractivity contribution in [3.63, 3.8) is 0 Å². The van der Waals surface area contributed by atoms with Crippen LogP contribution in [0.25, 0.3) is 0 Å². The topological polar surface area (TPSA) is 91.1 Å². The third-order valence-corrected chi connectivity index (χ3v) is 3.77. The molecule has 0 aliphatic rings. The van der Waals surface area contributed by atoms with Gasteiger partial charge in [0, 0.05) is 6.42 Å². The van der Waals surface area contributed by atoms with Crippen LogP contribution in [-0.2, 0) is 11.2 Å². The maximum atomic E-state index is 11.7. The molecule has 0 bridgehead atoms. The van der Waals surface area contributed by atoms with Gasteiger partial charge in [0.1, 0.15) is 11.0 Å². The van der Waals surface area contributed by atoms with E-state index in [9.17, 15) is 14.7 Å². The Labute approximate surface area is 131 Å². The third-order valence-electron chi connectivity index (χ3n) is 2.83. The highest BCUT2D eigenvalue weighted by molar-refractivity contribution is 7.13. The SMILES string of the molecule is Cc1csc(N=NC(=O)N[C@@H](Cc2ccccc2)C(=O)O)c1. The average Bonchev–Trinajstić information content (AvgIpc) is 2.91. The van der Waals surface area contributed by atoms with Gasteiger partial charge in [-0.05, 0) is 29.5 Å². The highest BCUT2D eigenvalue weighted by Crippen LogP contribution is 2.22. The predicted molar refractivity (Wildman–Crippen MR) is 83.7 cm³/mol. The number of carboxylic acids is 1. The number of nitrogens with zero attached hydrogens (tertiary/aromatic N) is 2. The van der Waals surface area contributed by atoms with E-state index in [1.165, 1.54) is 11.3 Å². The number of aryl methyl sites for hydroxylation is 1. The van der Waals surface area contributed by atoms with Crippen LogP contribution in [0.5, 0.6) is 0 Å². The molecule has 7 heteroatoms. The van der Waals surface area contributed by atoms with Gasteiger partial charge < -0.3 is 10.4 Å². The van der Waals surface area contributed by atoms with E-state index in [0.29, 0.717) is 5.00 Å². The summed E-state index contributed by atoms with van der Waals surface area (Å²) in [7, 11) is 0. The van der Waals surface area contributed by atoms with Gasteiger partial charge in [-0.25, -0.2) is 9.59 Å². The monoisotopic (exact) mass is 317 g/mol. The fourth-order valence-electron chi connectivity index (χ4n) is 1.79. The molecule has 2 aromatic rings. The van der Waals surface area contributed by atoms with Crippen molar-refractivity contribution in [2.24, 2.45) is 10.2 Å². The molecule has 2 amide bonds. The number of benzene rings is 1. The predicted octanol–water partition coefficient (Wildman–Crippen LogP) is 3.55. The third kappa shape index (κ3) is 4.78. The number of carbonyl (C=O) groups excluding carboxylic acids is 1. The molecule has 0 saturated heterocycles. The second kappa shape index (κ2) is 7.46. The van der Waals surface area contributed by atoms with Crippen molar-refractivity contribution in [2.75, 3.05) is 0 Å².